The van der Waals surface area contributed by atoms with Crippen LogP contribution in [0.15, 0.2) is 60.7 Å². The van der Waals surface area contributed by atoms with Crippen molar-refractivity contribution in [3.05, 3.63) is 77.4 Å². The zero-order valence-electron chi connectivity index (χ0n) is 16.3. The predicted molar refractivity (Wildman–Crippen MR) is 114 cm³/mol. The van der Waals surface area contributed by atoms with Crippen molar-refractivity contribution in [1.82, 2.24) is 14.9 Å². The molecule has 2 aromatic carbocycles. The number of anilines is 2. The normalized spacial score (nSPS) is 20.9. The Hall–Kier alpha value is -3.12. The second-order valence-corrected chi connectivity index (χ2v) is 8.07. The third-order valence-corrected chi connectivity index (χ3v) is 6.07. The molecule has 29 heavy (non-hydrogen) atoms. The fourth-order valence-electron chi connectivity index (χ4n) is 4.65. The van der Waals surface area contributed by atoms with E-state index < -0.39 is 0 Å². The van der Waals surface area contributed by atoms with Gasteiger partial charge in [-0.15, -0.1) is 0 Å². The van der Waals surface area contributed by atoms with E-state index in [1.807, 2.05) is 0 Å². The molecule has 3 aromatic rings. The monoisotopic (exact) mass is 387 g/mol. The van der Waals surface area contributed by atoms with Gasteiger partial charge < -0.3 is 16.2 Å². The van der Waals surface area contributed by atoms with Gasteiger partial charge in [-0.05, 0) is 11.1 Å². The lowest BCUT2D eigenvalue weighted by molar-refractivity contribution is 0.0971. The van der Waals surface area contributed by atoms with Crippen molar-refractivity contribution in [2.75, 3.05) is 31.1 Å². The van der Waals surface area contributed by atoms with E-state index >= 15 is 0 Å². The molecule has 0 aliphatic carbocycles. The molecule has 6 nitrogen and oxygen atoms in total. The van der Waals surface area contributed by atoms with E-state index in [-0.39, 0.29) is 11.5 Å². The number of rotatable bonds is 4. The van der Waals surface area contributed by atoms with Crippen LogP contribution in [-0.2, 0) is 6.42 Å². The summed E-state index contributed by atoms with van der Waals surface area (Å²) in [5.41, 5.74) is 15.1. The van der Waals surface area contributed by atoms with Crippen LogP contribution in [0.3, 0.4) is 0 Å². The first kappa shape index (κ1) is 17.9. The minimum atomic E-state index is -0.281. The van der Waals surface area contributed by atoms with Crippen molar-refractivity contribution >= 4 is 11.8 Å². The van der Waals surface area contributed by atoms with Gasteiger partial charge in [0.2, 0.25) is 11.8 Å². The minimum absolute atomic E-state index is 0.168. The summed E-state index contributed by atoms with van der Waals surface area (Å²) in [6.07, 6.45) is 1.69. The lowest BCUT2D eigenvalue weighted by Crippen LogP contribution is -2.39. The van der Waals surface area contributed by atoms with Crippen molar-refractivity contribution in [2.45, 2.75) is 24.4 Å². The van der Waals surface area contributed by atoms with Gasteiger partial charge in [-0.2, -0.15) is 9.97 Å². The number of nitrogen functional groups attached to an aromatic ring is 2. The highest BCUT2D eigenvalue weighted by molar-refractivity contribution is 5.52. The number of hydrogen-bond acceptors (Lipinski definition) is 6. The maximum absolute atomic E-state index is 6.29. The molecule has 1 atom stereocenters. The van der Waals surface area contributed by atoms with E-state index in [1.165, 1.54) is 11.1 Å². The Morgan fingerprint density at radius 2 is 1.62 bits per heavy atom. The Morgan fingerprint density at radius 3 is 2.28 bits per heavy atom. The topological polar surface area (TPSA) is 90.3 Å². The summed E-state index contributed by atoms with van der Waals surface area (Å²) in [7, 11) is 0. The quantitative estimate of drug-likeness (QED) is 0.715. The van der Waals surface area contributed by atoms with Gasteiger partial charge in [-0.3, -0.25) is 4.90 Å². The summed E-state index contributed by atoms with van der Waals surface area (Å²) >= 11 is 0. The number of benzene rings is 2. The van der Waals surface area contributed by atoms with Gasteiger partial charge in [-0.25, -0.2) is 0 Å². The Labute approximate surface area is 170 Å². The highest BCUT2D eigenvalue weighted by atomic mass is 16.5. The molecule has 4 N–H and O–H groups in total. The van der Waals surface area contributed by atoms with Crippen molar-refractivity contribution in [2.24, 2.45) is 0 Å². The lowest BCUT2D eigenvalue weighted by Gasteiger charge is -2.27. The summed E-state index contributed by atoms with van der Waals surface area (Å²) in [5.74, 6) is 1.48. The maximum Gasteiger partial charge on any atom is 0.225 e. The Morgan fingerprint density at radius 1 is 0.966 bits per heavy atom. The molecule has 1 aromatic heterocycles. The van der Waals surface area contributed by atoms with Crippen LogP contribution in [0.25, 0.3) is 0 Å². The number of ether oxygens (including phenoxy) is 1. The van der Waals surface area contributed by atoms with Crippen molar-refractivity contribution in [3.8, 4) is 5.88 Å². The molecule has 0 saturated carbocycles. The molecular formula is C23H25N5O. The molecule has 1 saturated heterocycles. The first-order valence-corrected chi connectivity index (χ1v) is 10.0. The standard InChI is InChI=1S/C23H25N5O/c24-20-18-13-23(29-21(18)27-22(25)26-20)11-12-28(15-23)14-19(16-7-3-1-4-8-16)17-9-5-2-6-10-17/h1-10,19H,11-15H2,(H4,24,25,26,27)/t23-/m0/s1. The molecule has 3 heterocycles. The summed E-state index contributed by atoms with van der Waals surface area (Å²) in [6.45, 7) is 2.77. The van der Waals surface area contributed by atoms with Crippen molar-refractivity contribution < 1.29 is 4.74 Å². The molecule has 0 unspecified atom stereocenters. The summed E-state index contributed by atoms with van der Waals surface area (Å²) in [5, 5.41) is 0. The fraction of sp³-hybridized carbons (Fsp3) is 0.304. The molecule has 1 spiro atoms. The fourth-order valence-corrected chi connectivity index (χ4v) is 4.65. The number of likely N-dealkylation sites (tertiary alicyclic amines) is 1. The van der Waals surface area contributed by atoms with Gasteiger partial charge in [0, 0.05) is 38.4 Å². The smallest absolute Gasteiger partial charge is 0.225 e. The number of nitrogens with zero attached hydrogens (tertiary/aromatic N) is 3. The molecule has 0 amide bonds. The van der Waals surface area contributed by atoms with E-state index in [0.717, 1.165) is 38.0 Å². The molecule has 0 bridgehead atoms. The highest BCUT2D eigenvalue weighted by Gasteiger charge is 2.47. The van der Waals surface area contributed by atoms with E-state index in [1.54, 1.807) is 0 Å². The number of hydrogen-bond donors (Lipinski definition) is 2. The van der Waals surface area contributed by atoms with Gasteiger partial charge in [0.15, 0.2) is 0 Å². The maximum atomic E-state index is 6.29. The molecule has 6 heteroatoms. The second kappa shape index (κ2) is 7.04. The van der Waals surface area contributed by atoms with Gasteiger partial charge in [0.25, 0.3) is 0 Å². The average Bonchev–Trinajstić information content (AvgIpc) is 3.30. The van der Waals surface area contributed by atoms with Crippen molar-refractivity contribution in [1.29, 1.82) is 0 Å². The summed E-state index contributed by atoms with van der Waals surface area (Å²) in [4.78, 5) is 10.8. The van der Waals surface area contributed by atoms with Gasteiger partial charge in [0.05, 0.1) is 5.56 Å². The summed E-state index contributed by atoms with van der Waals surface area (Å²) < 4.78 is 6.29. The van der Waals surface area contributed by atoms with Gasteiger partial charge >= 0.3 is 0 Å². The molecule has 2 aliphatic heterocycles. The van der Waals surface area contributed by atoms with Crippen LogP contribution in [0.2, 0.25) is 0 Å². The molecule has 148 valence electrons. The zero-order valence-corrected chi connectivity index (χ0v) is 16.3. The van der Waals surface area contributed by atoms with Crippen LogP contribution in [0.4, 0.5) is 11.8 Å². The Bertz CT molecular complexity index is 971. The van der Waals surface area contributed by atoms with Crippen LogP contribution >= 0.6 is 0 Å². The second-order valence-electron chi connectivity index (χ2n) is 8.07. The van der Waals surface area contributed by atoms with E-state index in [2.05, 4.69) is 75.5 Å². The van der Waals surface area contributed by atoms with E-state index in [0.29, 0.717) is 17.6 Å². The van der Waals surface area contributed by atoms with Crippen molar-refractivity contribution in [3.63, 3.8) is 0 Å². The number of nitrogens with two attached hydrogens (primary N) is 2. The highest BCUT2D eigenvalue weighted by Crippen LogP contribution is 2.42. The molecular weight excluding hydrogens is 362 g/mol. The van der Waals surface area contributed by atoms with Crippen LogP contribution in [-0.4, -0.2) is 40.1 Å². The van der Waals surface area contributed by atoms with Gasteiger partial charge in [-0.1, -0.05) is 60.7 Å². The number of fused-ring (bicyclic) bond motifs is 1. The largest absolute Gasteiger partial charge is 0.469 e. The minimum Gasteiger partial charge on any atom is -0.469 e. The average molecular weight is 387 g/mol. The van der Waals surface area contributed by atoms with E-state index in [9.17, 15) is 0 Å². The SMILES string of the molecule is Nc1nc(N)c2c(n1)O[C@@]1(CCN(CC(c3ccccc3)c3ccccc3)C1)C2. The van der Waals surface area contributed by atoms with E-state index in [4.69, 9.17) is 16.2 Å². The molecule has 1 fully saturated rings. The van der Waals surface area contributed by atoms with Crippen LogP contribution < -0.4 is 16.2 Å². The Kier molecular flexibility index (Phi) is 4.36. The molecule has 5 rings (SSSR count). The first-order valence-electron chi connectivity index (χ1n) is 10.0. The van der Waals surface area contributed by atoms with Gasteiger partial charge in [0.1, 0.15) is 11.4 Å². The molecule has 2 aliphatic rings. The molecule has 0 radical (unpaired) electrons. The predicted octanol–water partition coefficient (Wildman–Crippen LogP) is 2.85. The third-order valence-electron chi connectivity index (χ3n) is 6.07. The van der Waals surface area contributed by atoms with Crippen LogP contribution in [0.1, 0.15) is 29.0 Å². The lowest BCUT2D eigenvalue weighted by atomic mass is 9.91. The zero-order chi connectivity index (χ0) is 19.8. The first-order chi connectivity index (χ1) is 14.1. The summed E-state index contributed by atoms with van der Waals surface area (Å²) in [6, 6.07) is 21.4. The third kappa shape index (κ3) is 3.40. The Balaban J connectivity index is 1.36. The van der Waals surface area contributed by atoms with Crippen LogP contribution in [0.5, 0.6) is 5.88 Å². The number of aromatic nitrogens is 2. The van der Waals surface area contributed by atoms with Crippen LogP contribution in [0, 0.1) is 0 Å².